The van der Waals surface area contributed by atoms with Crippen molar-refractivity contribution < 1.29 is 0 Å². The molecule has 1 unspecified atom stereocenters. The molecule has 0 aliphatic heterocycles. The van der Waals surface area contributed by atoms with Crippen LogP contribution in [0.3, 0.4) is 0 Å². The molecule has 0 bridgehead atoms. The lowest BCUT2D eigenvalue weighted by atomic mass is 10.0. The molecule has 0 aromatic rings. The standard InChI is InChI=1S/C8H18.Al.3ClH/c1-4-6-7-8(3)5-2;;;;/h8H,4-7H2,1-3H3;;3*1H/q;+3;;;/p-3. The minimum absolute atomic E-state index is 0.954. The molecular formula is C8H18AlCl3. The Morgan fingerprint density at radius 1 is 1.17 bits per heavy atom. The monoisotopic (exact) mass is 246 g/mol. The second kappa shape index (κ2) is 12.4. The van der Waals surface area contributed by atoms with Crippen LogP contribution in [-0.4, -0.2) is 11.4 Å². The van der Waals surface area contributed by atoms with Gasteiger partial charge in [0.05, 0.1) is 0 Å². The Hall–Kier alpha value is 1.40. The average Bonchev–Trinajstić information content (AvgIpc) is 1.99. The van der Waals surface area contributed by atoms with Crippen LogP contribution in [0.4, 0.5) is 0 Å². The Balaban J connectivity index is 0. The third kappa shape index (κ3) is 22.5. The molecule has 0 fully saturated rings. The number of hydrogen-bond acceptors (Lipinski definition) is 0. The van der Waals surface area contributed by atoms with Crippen LogP contribution in [0.25, 0.3) is 0 Å². The molecule has 12 heavy (non-hydrogen) atoms. The quantitative estimate of drug-likeness (QED) is 0.619. The molecule has 0 aliphatic rings. The van der Waals surface area contributed by atoms with Gasteiger partial charge in [-0.1, -0.05) is 46.5 Å². The zero-order valence-corrected chi connectivity index (χ0v) is 11.5. The molecule has 0 radical (unpaired) electrons. The second-order valence-electron chi connectivity index (χ2n) is 2.90. The van der Waals surface area contributed by atoms with Gasteiger partial charge in [-0.25, -0.2) is 30.1 Å². The van der Waals surface area contributed by atoms with E-state index in [-0.39, 0.29) is 0 Å². The molecule has 4 heteroatoms. The molecule has 0 saturated heterocycles. The molecule has 0 aliphatic carbocycles. The molecule has 1 atom stereocenters. The van der Waals surface area contributed by atoms with Gasteiger partial charge in [-0.05, 0) is 5.92 Å². The molecule has 0 nitrogen and oxygen atoms in total. The van der Waals surface area contributed by atoms with Gasteiger partial charge < -0.3 is 0 Å². The van der Waals surface area contributed by atoms with Crippen LogP contribution in [0.2, 0.25) is 0 Å². The summed E-state index contributed by atoms with van der Waals surface area (Å²) in [6.07, 6.45) is 5.53. The maximum Gasteiger partial charge on any atom is 0.643 e. The summed E-state index contributed by atoms with van der Waals surface area (Å²) in [5.41, 5.74) is 0. The summed E-state index contributed by atoms with van der Waals surface area (Å²) in [4.78, 5) is 0. The summed E-state index contributed by atoms with van der Waals surface area (Å²) < 4.78 is 0. The normalized spacial score (nSPS) is 11.5. The van der Waals surface area contributed by atoms with Gasteiger partial charge in [0.25, 0.3) is 0 Å². The van der Waals surface area contributed by atoms with E-state index in [1.54, 1.807) is 0 Å². The van der Waals surface area contributed by atoms with Gasteiger partial charge >= 0.3 is 11.4 Å². The number of halogens is 3. The van der Waals surface area contributed by atoms with Crippen molar-refractivity contribution >= 4 is 41.5 Å². The van der Waals surface area contributed by atoms with Crippen molar-refractivity contribution in [3.8, 4) is 0 Å². The van der Waals surface area contributed by atoms with E-state index in [4.69, 9.17) is 30.1 Å². The van der Waals surface area contributed by atoms with Gasteiger partial charge in [-0.2, -0.15) is 0 Å². The van der Waals surface area contributed by atoms with Gasteiger partial charge in [0.15, 0.2) is 0 Å². The highest BCUT2D eigenvalue weighted by Gasteiger charge is 2.00. The van der Waals surface area contributed by atoms with Gasteiger partial charge in [0.2, 0.25) is 0 Å². The fourth-order valence-electron chi connectivity index (χ4n) is 0.757. The second-order valence-corrected chi connectivity index (χ2v) is 9.34. The molecular weight excluding hydrogens is 229 g/mol. The summed E-state index contributed by atoms with van der Waals surface area (Å²) in [5.74, 6) is 0.954. The molecule has 0 saturated carbocycles. The average molecular weight is 248 g/mol. The van der Waals surface area contributed by atoms with Gasteiger partial charge in [-0.3, -0.25) is 0 Å². The maximum absolute atomic E-state index is 4.94. The predicted molar refractivity (Wildman–Crippen MR) is 62.3 cm³/mol. The van der Waals surface area contributed by atoms with Crippen LogP contribution in [0, 0.1) is 5.92 Å². The van der Waals surface area contributed by atoms with E-state index in [1.807, 2.05) is 0 Å². The summed E-state index contributed by atoms with van der Waals surface area (Å²) in [7, 11) is 14.8. The Kier molecular flexibility index (Phi) is 16.4. The van der Waals surface area contributed by atoms with E-state index < -0.39 is 11.4 Å². The van der Waals surface area contributed by atoms with Crippen LogP contribution in [-0.2, 0) is 0 Å². The van der Waals surface area contributed by atoms with Crippen LogP contribution < -0.4 is 0 Å². The summed E-state index contributed by atoms with van der Waals surface area (Å²) in [5, 5.41) is 0. The highest BCUT2D eigenvalue weighted by molar-refractivity contribution is 7.54. The molecule has 0 heterocycles. The molecule has 0 rings (SSSR count). The van der Waals surface area contributed by atoms with E-state index in [1.165, 1.54) is 25.7 Å². The molecule has 0 amide bonds. The van der Waals surface area contributed by atoms with E-state index in [0.717, 1.165) is 5.92 Å². The molecule has 0 aromatic carbocycles. The Morgan fingerprint density at radius 3 is 1.83 bits per heavy atom. The fourth-order valence-corrected chi connectivity index (χ4v) is 0.757. The van der Waals surface area contributed by atoms with Crippen molar-refractivity contribution in [2.24, 2.45) is 5.92 Å². The first-order valence-electron chi connectivity index (χ1n) is 4.46. The smallest absolute Gasteiger partial charge is 0.214 e. The number of hydrogen-bond donors (Lipinski definition) is 0. The van der Waals surface area contributed by atoms with Gasteiger partial charge in [-0.15, -0.1) is 0 Å². The summed E-state index contributed by atoms with van der Waals surface area (Å²) in [6.45, 7) is 6.85. The summed E-state index contributed by atoms with van der Waals surface area (Å²) >= 11 is -1.72. The van der Waals surface area contributed by atoms with E-state index in [2.05, 4.69) is 20.8 Å². The fraction of sp³-hybridized carbons (Fsp3) is 1.00. The van der Waals surface area contributed by atoms with Gasteiger partial charge in [0.1, 0.15) is 0 Å². The highest BCUT2D eigenvalue weighted by atomic mass is 35.8. The predicted octanol–water partition coefficient (Wildman–Crippen LogP) is 4.91. The lowest BCUT2D eigenvalue weighted by molar-refractivity contribution is 0.492. The van der Waals surface area contributed by atoms with E-state index >= 15 is 0 Å². The lowest BCUT2D eigenvalue weighted by Gasteiger charge is -2.04. The number of rotatable bonds is 4. The summed E-state index contributed by atoms with van der Waals surface area (Å²) in [6, 6.07) is 0. The zero-order chi connectivity index (χ0) is 9.98. The first-order valence-corrected chi connectivity index (χ1v) is 9.70. The minimum Gasteiger partial charge on any atom is -0.214 e. The third-order valence-corrected chi connectivity index (χ3v) is 1.75. The van der Waals surface area contributed by atoms with Crippen LogP contribution >= 0.6 is 30.1 Å². The van der Waals surface area contributed by atoms with Crippen molar-refractivity contribution in [1.82, 2.24) is 0 Å². The Bertz CT molecular complexity index is 75.9. The largest absolute Gasteiger partial charge is 0.643 e. The molecule has 74 valence electrons. The van der Waals surface area contributed by atoms with Crippen LogP contribution in [0.5, 0.6) is 0 Å². The lowest BCUT2D eigenvalue weighted by Crippen LogP contribution is -1.89. The Morgan fingerprint density at radius 2 is 1.58 bits per heavy atom. The van der Waals surface area contributed by atoms with Crippen molar-refractivity contribution in [3.63, 3.8) is 0 Å². The highest BCUT2D eigenvalue weighted by Crippen LogP contribution is 2.09. The van der Waals surface area contributed by atoms with E-state index in [0.29, 0.717) is 0 Å². The maximum atomic E-state index is 4.94. The van der Waals surface area contributed by atoms with Crippen LogP contribution in [0.15, 0.2) is 0 Å². The molecule has 0 N–H and O–H groups in total. The zero-order valence-electron chi connectivity index (χ0n) is 8.12. The van der Waals surface area contributed by atoms with Crippen molar-refractivity contribution in [3.05, 3.63) is 0 Å². The van der Waals surface area contributed by atoms with Crippen molar-refractivity contribution in [2.45, 2.75) is 46.5 Å². The van der Waals surface area contributed by atoms with Crippen molar-refractivity contribution in [1.29, 1.82) is 0 Å². The Labute approximate surface area is 93.6 Å². The van der Waals surface area contributed by atoms with Crippen molar-refractivity contribution in [2.75, 3.05) is 0 Å². The van der Waals surface area contributed by atoms with E-state index in [9.17, 15) is 0 Å². The topological polar surface area (TPSA) is 0 Å². The van der Waals surface area contributed by atoms with Crippen LogP contribution in [0.1, 0.15) is 46.5 Å². The molecule has 0 spiro atoms. The first-order chi connectivity index (χ1) is 5.54. The van der Waals surface area contributed by atoms with Gasteiger partial charge in [0, 0.05) is 0 Å². The number of unbranched alkanes of at least 4 members (excludes halogenated alkanes) is 1. The minimum atomic E-state index is -1.72. The third-order valence-electron chi connectivity index (χ3n) is 1.75. The first kappa shape index (κ1) is 15.9. The molecule has 0 aromatic heterocycles. The SMILES string of the molecule is CCCCC(C)CC.[Cl][Al]([Cl])[Cl].